The third-order valence-corrected chi connectivity index (χ3v) is 10.3. The Kier molecular flexibility index (Phi) is 8.79. The van der Waals surface area contributed by atoms with Crippen LogP contribution in [0.1, 0.15) is 31.0 Å². The van der Waals surface area contributed by atoms with Crippen LogP contribution in [0.3, 0.4) is 0 Å². The van der Waals surface area contributed by atoms with E-state index in [2.05, 4.69) is 47.1 Å². The van der Waals surface area contributed by atoms with Gasteiger partial charge in [-0.1, -0.05) is 36.4 Å². The highest BCUT2D eigenvalue weighted by molar-refractivity contribution is 6.36. The molecule has 0 radical (unpaired) electrons. The average Bonchev–Trinajstić information content (AvgIpc) is 3.85. The molecule has 9 nitrogen and oxygen atoms in total. The Bertz CT molecular complexity index is 1720. The SMILES string of the molecule is [C-]#[N+]C[C@H]1CN(c2nc(OCC3([C@H](C)N(C)C)CC3)nc3c2CCN(c2cccc4ccc(F)c(Cl)c24)C3)CCN1C(=O)C(=C)F. The van der Waals surface area contributed by atoms with Gasteiger partial charge in [-0.15, -0.1) is 0 Å². The summed E-state index contributed by atoms with van der Waals surface area (Å²) in [6.07, 6.45) is 2.72. The number of rotatable bonds is 9. The van der Waals surface area contributed by atoms with Crippen molar-refractivity contribution >= 4 is 39.8 Å². The van der Waals surface area contributed by atoms with Crippen LogP contribution in [-0.2, 0) is 17.8 Å². The van der Waals surface area contributed by atoms with E-state index in [1.54, 1.807) is 6.07 Å². The van der Waals surface area contributed by atoms with Crippen LogP contribution < -0.4 is 14.5 Å². The van der Waals surface area contributed by atoms with E-state index >= 15 is 0 Å². The molecule has 3 aliphatic rings. The molecule has 0 bridgehead atoms. The highest BCUT2D eigenvalue weighted by atomic mass is 35.5. The fourth-order valence-electron chi connectivity index (χ4n) is 6.81. The van der Waals surface area contributed by atoms with Crippen LogP contribution >= 0.6 is 11.6 Å². The van der Waals surface area contributed by atoms with Gasteiger partial charge >= 0.3 is 6.01 Å². The molecule has 3 heterocycles. The van der Waals surface area contributed by atoms with Crippen LogP contribution in [0, 0.1) is 17.8 Å². The standard InChI is InChI=1S/C34H38ClF2N7O2/c1-21(36)32(45)44-16-15-43(18-24(44)17-38-3)31-25-11-14-42(28-8-6-7-23-9-10-26(37)30(35)29(23)28)19-27(25)39-33(40-31)46-20-34(12-13-34)22(2)41(4)5/h6-10,22,24H,1,11-20H2,2,4-5H3/t22-,24-/m0/s1. The molecule has 46 heavy (non-hydrogen) atoms. The summed E-state index contributed by atoms with van der Waals surface area (Å²) < 4.78 is 34.8. The fraction of sp³-hybridized carbons (Fsp3) is 0.471. The number of ether oxygens (including phenoxy) is 1. The van der Waals surface area contributed by atoms with Crippen LogP contribution in [0.25, 0.3) is 15.6 Å². The number of carbonyl (C=O) groups is 1. The van der Waals surface area contributed by atoms with Gasteiger partial charge in [0, 0.05) is 54.3 Å². The summed E-state index contributed by atoms with van der Waals surface area (Å²) in [5, 5.41) is 1.59. The number of nitrogens with zero attached hydrogens (tertiary/aromatic N) is 7. The quantitative estimate of drug-likeness (QED) is 0.224. The zero-order valence-electron chi connectivity index (χ0n) is 26.4. The molecule has 1 saturated heterocycles. The van der Waals surface area contributed by atoms with E-state index in [-0.39, 0.29) is 29.5 Å². The van der Waals surface area contributed by atoms with Crippen LogP contribution in [0.15, 0.2) is 42.7 Å². The van der Waals surface area contributed by atoms with Crippen LogP contribution in [0.2, 0.25) is 5.02 Å². The first kappa shape index (κ1) is 32.0. The van der Waals surface area contributed by atoms with Gasteiger partial charge in [-0.05, 0) is 57.8 Å². The number of fused-ring (bicyclic) bond motifs is 2. The monoisotopic (exact) mass is 649 g/mol. The summed E-state index contributed by atoms with van der Waals surface area (Å²) in [4.78, 5) is 33.8. The Hall–Kier alpha value is -4.01. The lowest BCUT2D eigenvalue weighted by atomic mass is 9.98. The predicted octanol–water partition coefficient (Wildman–Crippen LogP) is 5.51. The lowest BCUT2D eigenvalue weighted by molar-refractivity contribution is -0.131. The molecule has 1 aliphatic carbocycles. The summed E-state index contributed by atoms with van der Waals surface area (Å²) in [5.41, 5.74) is 2.60. The van der Waals surface area contributed by atoms with Crippen molar-refractivity contribution < 1.29 is 18.3 Å². The third-order valence-electron chi connectivity index (χ3n) is 9.90. The van der Waals surface area contributed by atoms with Gasteiger partial charge in [-0.25, -0.2) is 15.4 Å². The topological polar surface area (TPSA) is 69.4 Å². The summed E-state index contributed by atoms with van der Waals surface area (Å²) in [5.74, 6) is -1.59. The molecule has 3 aromatic rings. The van der Waals surface area contributed by atoms with Gasteiger partial charge in [0.15, 0.2) is 5.83 Å². The minimum Gasteiger partial charge on any atom is -0.463 e. The Morgan fingerprint density at radius 1 is 1.22 bits per heavy atom. The van der Waals surface area contributed by atoms with Gasteiger partial charge in [0.1, 0.15) is 17.7 Å². The van der Waals surface area contributed by atoms with Gasteiger partial charge in [0.25, 0.3) is 5.91 Å². The first-order valence-electron chi connectivity index (χ1n) is 15.6. The van der Waals surface area contributed by atoms with Gasteiger partial charge in [0.2, 0.25) is 6.54 Å². The maximum atomic E-state index is 14.6. The number of amides is 1. The largest absolute Gasteiger partial charge is 0.463 e. The molecule has 2 aromatic carbocycles. The first-order chi connectivity index (χ1) is 22.0. The van der Waals surface area contributed by atoms with E-state index < -0.39 is 23.6 Å². The highest BCUT2D eigenvalue weighted by Gasteiger charge is 2.49. The van der Waals surface area contributed by atoms with Gasteiger partial charge in [-0.2, -0.15) is 9.97 Å². The molecule has 2 fully saturated rings. The number of piperazine rings is 1. The van der Waals surface area contributed by atoms with Gasteiger partial charge < -0.3 is 29.2 Å². The maximum absolute atomic E-state index is 14.6. The number of anilines is 2. The molecule has 1 amide bonds. The molecular formula is C34H38ClF2N7O2. The highest BCUT2D eigenvalue weighted by Crippen LogP contribution is 2.50. The molecule has 0 spiro atoms. The van der Waals surface area contributed by atoms with Crippen molar-refractivity contribution in [3.63, 3.8) is 0 Å². The molecule has 1 saturated carbocycles. The Morgan fingerprint density at radius 3 is 2.70 bits per heavy atom. The van der Waals surface area contributed by atoms with Crippen molar-refractivity contribution in [3.8, 4) is 6.01 Å². The smallest absolute Gasteiger partial charge is 0.318 e. The van der Waals surface area contributed by atoms with E-state index in [0.29, 0.717) is 56.5 Å². The Morgan fingerprint density at radius 2 is 2.00 bits per heavy atom. The maximum Gasteiger partial charge on any atom is 0.318 e. The molecule has 2 atom stereocenters. The summed E-state index contributed by atoms with van der Waals surface area (Å²) >= 11 is 6.50. The summed E-state index contributed by atoms with van der Waals surface area (Å²) in [6, 6.07) is 8.98. The number of carbonyl (C=O) groups excluding carboxylic acids is 1. The second-order valence-corrected chi connectivity index (χ2v) is 13.2. The van der Waals surface area contributed by atoms with Gasteiger partial charge in [-0.3, -0.25) is 4.79 Å². The second-order valence-electron chi connectivity index (χ2n) is 12.8. The molecule has 12 heteroatoms. The number of aromatic nitrogens is 2. The summed E-state index contributed by atoms with van der Waals surface area (Å²) in [7, 11) is 4.14. The minimum atomic E-state index is -1.03. The lowest BCUT2D eigenvalue weighted by Crippen LogP contribution is -2.57. The Labute approximate surface area is 273 Å². The molecule has 2 aliphatic heterocycles. The van der Waals surface area contributed by atoms with Crippen molar-refractivity contribution in [3.05, 3.63) is 76.3 Å². The van der Waals surface area contributed by atoms with Crippen LogP contribution in [0.5, 0.6) is 6.01 Å². The predicted molar refractivity (Wildman–Crippen MR) is 175 cm³/mol. The molecule has 1 aromatic heterocycles. The number of halogens is 3. The second kappa shape index (κ2) is 12.6. The molecule has 6 rings (SSSR count). The first-order valence-corrected chi connectivity index (χ1v) is 15.9. The van der Waals surface area contributed by atoms with Crippen LogP contribution in [-0.4, -0.2) is 91.2 Å². The zero-order valence-corrected chi connectivity index (χ0v) is 27.2. The van der Waals surface area contributed by atoms with Gasteiger partial charge in [0.05, 0.1) is 23.9 Å². The molecule has 0 unspecified atom stereocenters. The van der Waals surface area contributed by atoms with E-state index in [1.807, 2.05) is 18.2 Å². The molecule has 242 valence electrons. The van der Waals surface area contributed by atoms with Crippen molar-refractivity contribution in [1.82, 2.24) is 19.8 Å². The van der Waals surface area contributed by atoms with E-state index in [0.717, 1.165) is 35.2 Å². The van der Waals surface area contributed by atoms with E-state index in [4.69, 9.17) is 32.9 Å². The van der Waals surface area contributed by atoms with Crippen molar-refractivity contribution in [2.45, 2.75) is 44.8 Å². The minimum absolute atomic E-state index is 0.0280. The van der Waals surface area contributed by atoms with Crippen molar-refractivity contribution in [2.75, 3.05) is 63.2 Å². The molecular weight excluding hydrogens is 612 g/mol. The molecule has 0 N–H and O–H groups in total. The zero-order chi connectivity index (χ0) is 32.7. The van der Waals surface area contributed by atoms with Crippen molar-refractivity contribution in [1.29, 1.82) is 0 Å². The lowest BCUT2D eigenvalue weighted by Gasteiger charge is -2.41. The average molecular weight is 650 g/mol. The third kappa shape index (κ3) is 5.96. The normalized spacial score (nSPS) is 19.5. The van der Waals surface area contributed by atoms with E-state index in [1.165, 1.54) is 11.0 Å². The van der Waals surface area contributed by atoms with Crippen LogP contribution in [0.4, 0.5) is 20.3 Å². The number of hydrogen-bond acceptors (Lipinski definition) is 7. The number of hydrogen-bond donors (Lipinski definition) is 0. The van der Waals surface area contributed by atoms with Crippen molar-refractivity contribution in [2.24, 2.45) is 5.41 Å². The Balaban J connectivity index is 1.35. The number of benzene rings is 2. The van der Waals surface area contributed by atoms with E-state index in [9.17, 15) is 13.6 Å². The summed E-state index contributed by atoms with van der Waals surface area (Å²) in [6.45, 7) is 15.4. The fourth-order valence-corrected chi connectivity index (χ4v) is 7.08.